The molecule has 1 aromatic carbocycles. The quantitative estimate of drug-likeness (QED) is 0.749. The van der Waals surface area contributed by atoms with Gasteiger partial charge in [0.25, 0.3) is 0 Å². The maximum atomic E-state index is 11.2. The molecule has 0 spiro atoms. The van der Waals surface area contributed by atoms with Crippen LogP contribution in [0.3, 0.4) is 0 Å². The Morgan fingerprint density at radius 2 is 2.00 bits per heavy atom. The Hall–Kier alpha value is -1.64. The molecule has 0 aliphatic carbocycles. The molecule has 1 atom stereocenters. The third-order valence-corrected chi connectivity index (χ3v) is 3.00. The van der Waals surface area contributed by atoms with Gasteiger partial charge in [-0.25, -0.2) is 0 Å². The minimum atomic E-state index is -0.766. The van der Waals surface area contributed by atoms with Crippen molar-refractivity contribution < 1.29 is 9.90 Å². The first-order valence-corrected chi connectivity index (χ1v) is 6.42. The van der Waals surface area contributed by atoms with Gasteiger partial charge < -0.3 is 5.11 Å². The summed E-state index contributed by atoms with van der Waals surface area (Å²) in [5, 5.41) is 9.19. The average Bonchev–Trinajstić information content (AvgIpc) is 2.37. The molecule has 3 nitrogen and oxygen atoms in total. The number of hydrogen-bond acceptors (Lipinski definition) is 2. The van der Waals surface area contributed by atoms with Crippen LogP contribution in [-0.4, -0.2) is 16.8 Å². The molecule has 1 rings (SSSR count). The van der Waals surface area contributed by atoms with E-state index in [0.29, 0.717) is 13.0 Å². The van der Waals surface area contributed by atoms with Crippen molar-refractivity contribution in [2.45, 2.75) is 39.7 Å². The summed E-state index contributed by atoms with van der Waals surface area (Å²) in [6, 6.07) is 9.89. The molecule has 0 aliphatic heterocycles. The van der Waals surface area contributed by atoms with E-state index in [1.807, 2.05) is 37.3 Å². The zero-order valence-corrected chi connectivity index (χ0v) is 11.1. The second kappa shape index (κ2) is 7.64. The van der Waals surface area contributed by atoms with Crippen LogP contribution in [-0.2, 0) is 11.3 Å². The Morgan fingerprint density at radius 3 is 2.56 bits per heavy atom. The number of carbonyl (C=O) groups is 1. The van der Waals surface area contributed by atoms with Crippen molar-refractivity contribution in [2.24, 2.45) is 10.9 Å². The lowest BCUT2D eigenvalue weighted by molar-refractivity contribution is -0.139. The van der Waals surface area contributed by atoms with E-state index >= 15 is 0 Å². The third-order valence-electron chi connectivity index (χ3n) is 3.00. The Kier molecular flexibility index (Phi) is 6.12. The fourth-order valence-electron chi connectivity index (χ4n) is 1.83. The highest BCUT2D eigenvalue weighted by atomic mass is 16.4. The van der Waals surface area contributed by atoms with Gasteiger partial charge in [-0.2, -0.15) is 0 Å². The fourth-order valence-corrected chi connectivity index (χ4v) is 1.83. The van der Waals surface area contributed by atoms with Gasteiger partial charge in [0, 0.05) is 5.71 Å². The molecule has 3 heteroatoms. The molecule has 0 aromatic heterocycles. The van der Waals surface area contributed by atoms with Crippen molar-refractivity contribution in [1.29, 1.82) is 0 Å². The van der Waals surface area contributed by atoms with Crippen LogP contribution in [0.5, 0.6) is 0 Å². The van der Waals surface area contributed by atoms with Crippen molar-refractivity contribution >= 4 is 11.7 Å². The van der Waals surface area contributed by atoms with Crippen molar-refractivity contribution in [1.82, 2.24) is 0 Å². The predicted octanol–water partition coefficient (Wildman–Crippen LogP) is 3.54. The summed E-state index contributed by atoms with van der Waals surface area (Å²) >= 11 is 0. The van der Waals surface area contributed by atoms with E-state index in [1.165, 1.54) is 0 Å². The van der Waals surface area contributed by atoms with Crippen LogP contribution >= 0.6 is 0 Å². The highest BCUT2D eigenvalue weighted by Crippen LogP contribution is 2.12. The first-order valence-electron chi connectivity index (χ1n) is 6.42. The van der Waals surface area contributed by atoms with Gasteiger partial charge in [-0.15, -0.1) is 0 Å². The van der Waals surface area contributed by atoms with Crippen LogP contribution < -0.4 is 0 Å². The smallest absolute Gasteiger partial charge is 0.312 e. The molecule has 0 radical (unpaired) electrons. The second-order valence-electron chi connectivity index (χ2n) is 4.48. The molecule has 0 amide bonds. The van der Waals surface area contributed by atoms with E-state index in [9.17, 15) is 9.90 Å². The summed E-state index contributed by atoms with van der Waals surface area (Å²) < 4.78 is 0. The molecule has 0 bridgehead atoms. The van der Waals surface area contributed by atoms with E-state index in [4.69, 9.17) is 0 Å². The van der Waals surface area contributed by atoms with Gasteiger partial charge in [-0.3, -0.25) is 9.79 Å². The Balaban J connectivity index is 2.64. The SMILES string of the molecule is CCCCC(C(=O)O)/C(C)=N/Cc1ccccc1. The number of carboxylic acid groups (broad SMARTS) is 1. The van der Waals surface area contributed by atoms with Crippen molar-refractivity contribution in [3.8, 4) is 0 Å². The summed E-state index contributed by atoms with van der Waals surface area (Å²) in [7, 11) is 0. The lowest BCUT2D eigenvalue weighted by Gasteiger charge is -2.11. The Morgan fingerprint density at radius 1 is 1.33 bits per heavy atom. The van der Waals surface area contributed by atoms with E-state index < -0.39 is 11.9 Å². The maximum Gasteiger partial charge on any atom is 0.312 e. The molecule has 98 valence electrons. The van der Waals surface area contributed by atoms with E-state index in [-0.39, 0.29) is 0 Å². The zero-order valence-electron chi connectivity index (χ0n) is 11.1. The fraction of sp³-hybridized carbons (Fsp3) is 0.467. The van der Waals surface area contributed by atoms with Crippen LogP contribution in [0.1, 0.15) is 38.7 Å². The van der Waals surface area contributed by atoms with Crippen LogP contribution in [0.15, 0.2) is 35.3 Å². The number of unbranched alkanes of at least 4 members (excludes halogenated alkanes) is 1. The molecule has 1 aromatic rings. The highest BCUT2D eigenvalue weighted by molar-refractivity contribution is 6.00. The van der Waals surface area contributed by atoms with Gasteiger partial charge >= 0.3 is 5.97 Å². The summed E-state index contributed by atoms with van der Waals surface area (Å²) in [6.07, 6.45) is 2.61. The number of aliphatic imine (C=N–C) groups is 1. The highest BCUT2D eigenvalue weighted by Gasteiger charge is 2.19. The lowest BCUT2D eigenvalue weighted by atomic mass is 9.97. The van der Waals surface area contributed by atoms with Gasteiger partial charge in [-0.1, -0.05) is 50.1 Å². The van der Waals surface area contributed by atoms with Gasteiger partial charge in [0.1, 0.15) is 0 Å². The topological polar surface area (TPSA) is 49.7 Å². The average molecular weight is 247 g/mol. The molecule has 0 fully saturated rings. The number of rotatable bonds is 7. The summed E-state index contributed by atoms with van der Waals surface area (Å²) in [4.78, 5) is 15.6. The molecular formula is C15H21NO2. The second-order valence-corrected chi connectivity index (χ2v) is 4.48. The number of benzene rings is 1. The third kappa shape index (κ3) is 4.70. The molecule has 0 saturated heterocycles. The molecule has 18 heavy (non-hydrogen) atoms. The van der Waals surface area contributed by atoms with Crippen LogP contribution in [0.4, 0.5) is 0 Å². The zero-order chi connectivity index (χ0) is 13.4. The molecule has 1 unspecified atom stereocenters. The van der Waals surface area contributed by atoms with Crippen LogP contribution in [0, 0.1) is 5.92 Å². The van der Waals surface area contributed by atoms with Crippen LogP contribution in [0.25, 0.3) is 0 Å². The molecule has 1 N–H and O–H groups in total. The first kappa shape index (κ1) is 14.4. The maximum absolute atomic E-state index is 11.2. The lowest BCUT2D eigenvalue weighted by Crippen LogP contribution is -2.21. The minimum absolute atomic E-state index is 0.436. The van der Waals surface area contributed by atoms with E-state index in [1.54, 1.807) is 0 Å². The predicted molar refractivity (Wildman–Crippen MR) is 73.9 cm³/mol. The minimum Gasteiger partial charge on any atom is -0.481 e. The molecular weight excluding hydrogens is 226 g/mol. The summed E-state index contributed by atoms with van der Waals surface area (Å²) in [6.45, 7) is 4.44. The van der Waals surface area contributed by atoms with Crippen molar-refractivity contribution in [2.75, 3.05) is 0 Å². The first-order chi connectivity index (χ1) is 8.65. The van der Waals surface area contributed by atoms with Crippen molar-refractivity contribution in [3.63, 3.8) is 0 Å². The Labute approximate surface area is 109 Å². The normalized spacial score (nSPS) is 13.3. The molecule has 0 aliphatic rings. The van der Waals surface area contributed by atoms with Crippen LogP contribution in [0.2, 0.25) is 0 Å². The van der Waals surface area contributed by atoms with Gasteiger partial charge in [-0.05, 0) is 18.9 Å². The summed E-state index contributed by atoms with van der Waals surface area (Å²) in [5.74, 6) is -1.20. The monoisotopic (exact) mass is 247 g/mol. The number of hydrogen-bond donors (Lipinski definition) is 1. The van der Waals surface area contributed by atoms with Gasteiger partial charge in [0.15, 0.2) is 0 Å². The largest absolute Gasteiger partial charge is 0.481 e. The molecule has 0 saturated carbocycles. The number of nitrogens with zero attached hydrogens (tertiary/aromatic N) is 1. The standard InChI is InChI=1S/C15H21NO2/c1-3-4-10-14(15(17)18)12(2)16-11-13-8-6-5-7-9-13/h5-9,14H,3-4,10-11H2,1-2H3,(H,17,18)/b16-12+. The summed E-state index contributed by atoms with van der Waals surface area (Å²) in [5.41, 5.74) is 1.83. The van der Waals surface area contributed by atoms with Crippen molar-refractivity contribution in [3.05, 3.63) is 35.9 Å². The van der Waals surface area contributed by atoms with Gasteiger partial charge in [0.05, 0.1) is 12.5 Å². The van der Waals surface area contributed by atoms with E-state index in [2.05, 4.69) is 11.9 Å². The molecule has 0 heterocycles. The van der Waals surface area contributed by atoms with Gasteiger partial charge in [0.2, 0.25) is 0 Å². The number of aliphatic carboxylic acids is 1. The number of carboxylic acids is 1. The Bertz CT molecular complexity index is 398. The van der Waals surface area contributed by atoms with E-state index in [0.717, 1.165) is 24.1 Å².